The molecule has 2 heterocycles. The van der Waals surface area contributed by atoms with E-state index >= 15 is 0 Å². The summed E-state index contributed by atoms with van der Waals surface area (Å²) in [5, 5.41) is 0. The quantitative estimate of drug-likeness (QED) is 0.757. The van der Waals surface area contributed by atoms with Crippen molar-refractivity contribution in [1.29, 1.82) is 0 Å². The van der Waals surface area contributed by atoms with Crippen LogP contribution >= 0.6 is 0 Å². The second-order valence-electron chi connectivity index (χ2n) is 5.46. The van der Waals surface area contributed by atoms with Gasteiger partial charge in [-0.25, -0.2) is 8.42 Å². The number of benzene rings is 1. The van der Waals surface area contributed by atoms with E-state index in [4.69, 9.17) is 4.74 Å². The fourth-order valence-electron chi connectivity index (χ4n) is 2.76. The molecule has 2 fully saturated rings. The first-order chi connectivity index (χ1) is 10.4. The molecule has 0 aromatic heterocycles. The Morgan fingerprint density at radius 2 is 1.91 bits per heavy atom. The van der Waals surface area contributed by atoms with Gasteiger partial charge >= 0.3 is 0 Å². The van der Waals surface area contributed by atoms with E-state index in [9.17, 15) is 18.0 Å². The molecule has 0 aliphatic carbocycles. The maximum absolute atomic E-state index is 12.4. The lowest BCUT2D eigenvalue weighted by molar-refractivity contribution is -0.153. The number of ether oxygens (including phenoxy) is 1. The molecule has 7 nitrogen and oxygen atoms in total. The van der Waals surface area contributed by atoms with Crippen LogP contribution in [0.1, 0.15) is 5.56 Å². The van der Waals surface area contributed by atoms with Crippen LogP contribution in [0.5, 0.6) is 5.75 Å². The second-order valence-corrected chi connectivity index (χ2v) is 7.54. The topological polar surface area (TPSA) is 84.0 Å². The first-order valence-electron chi connectivity index (χ1n) is 6.81. The van der Waals surface area contributed by atoms with E-state index in [0.717, 1.165) is 5.56 Å². The number of piperazine rings is 1. The molecule has 1 unspecified atom stereocenters. The summed E-state index contributed by atoms with van der Waals surface area (Å²) >= 11 is 0. The molecule has 0 bridgehead atoms. The summed E-state index contributed by atoms with van der Waals surface area (Å²) in [5.74, 6) is -0.552. The van der Waals surface area contributed by atoms with Gasteiger partial charge in [0.1, 0.15) is 24.2 Å². The maximum atomic E-state index is 12.4. The number of sulfone groups is 1. The monoisotopic (exact) mass is 324 g/mol. The molecule has 0 radical (unpaired) electrons. The van der Waals surface area contributed by atoms with Crippen LogP contribution < -0.4 is 4.74 Å². The molecule has 2 aliphatic heterocycles. The second kappa shape index (κ2) is 5.28. The average Bonchev–Trinajstić information content (AvgIpc) is 2.82. The van der Waals surface area contributed by atoms with E-state index in [1.807, 2.05) is 12.1 Å². The number of carbonyl (C=O) groups is 2. The zero-order valence-corrected chi connectivity index (χ0v) is 12.9. The Balaban J connectivity index is 1.77. The molecule has 8 heteroatoms. The molecule has 22 heavy (non-hydrogen) atoms. The molecule has 1 aromatic rings. The van der Waals surface area contributed by atoms with Gasteiger partial charge < -0.3 is 14.5 Å². The number of amides is 2. The Bertz CT molecular complexity index is 713. The molecular formula is C14H16N2O5S. The molecule has 3 rings (SSSR count). The van der Waals surface area contributed by atoms with Crippen molar-refractivity contribution in [2.45, 2.75) is 12.6 Å². The van der Waals surface area contributed by atoms with Crippen LogP contribution in [0.4, 0.5) is 0 Å². The van der Waals surface area contributed by atoms with Crippen LogP contribution in [0.15, 0.2) is 24.3 Å². The van der Waals surface area contributed by atoms with Crippen LogP contribution in [0.2, 0.25) is 0 Å². The lowest BCUT2D eigenvalue weighted by Gasteiger charge is -2.35. The van der Waals surface area contributed by atoms with Crippen molar-refractivity contribution in [2.75, 3.05) is 25.3 Å². The van der Waals surface area contributed by atoms with E-state index in [0.29, 0.717) is 5.75 Å². The highest BCUT2D eigenvalue weighted by Crippen LogP contribution is 2.23. The minimum Gasteiger partial charge on any atom is -0.497 e. The van der Waals surface area contributed by atoms with Crippen molar-refractivity contribution in [2.24, 2.45) is 0 Å². The predicted octanol–water partition coefficient (Wildman–Crippen LogP) is -0.379. The molecule has 0 spiro atoms. The van der Waals surface area contributed by atoms with Crippen molar-refractivity contribution in [3.63, 3.8) is 0 Å². The third-order valence-electron chi connectivity index (χ3n) is 3.90. The van der Waals surface area contributed by atoms with E-state index in [1.54, 1.807) is 19.2 Å². The van der Waals surface area contributed by atoms with Gasteiger partial charge in [0, 0.05) is 6.54 Å². The number of fused-ring (bicyclic) bond motifs is 1. The Kier molecular flexibility index (Phi) is 3.56. The lowest BCUT2D eigenvalue weighted by atomic mass is 10.1. The summed E-state index contributed by atoms with van der Waals surface area (Å²) in [4.78, 5) is 27.0. The van der Waals surface area contributed by atoms with Crippen LogP contribution in [-0.2, 0) is 26.0 Å². The van der Waals surface area contributed by atoms with Crippen LogP contribution in [0.25, 0.3) is 0 Å². The normalized spacial score (nSPS) is 23.6. The van der Waals surface area contributed by atoms with Crippen LogP contribution in [-0.4, -0.2) is 61.4 Å². The van der Waals surface area contributed by atoms with Gasteiger partial charge in [-0.05, 0) is 17.7 Å². The first-order valence-corrected chi connectivity index (χ1v) is 8.63. The molecule has 0 saturated carbocycles. The third kappa shape index (κ3) is 2.66. The standard InChI is InChI=1S/C14H16N2O5S/c1-21-11-4-2-10(3-5-11)6-15-7-13(17)16-9-22(19,20)8-12(16)14(15)18/h2-5,12H,6-9H2,1H3. The Morgan fingerprint density at radius 1 is 1.23 bits per heavy atom. The Hall–Kier alpha value is -2.09. The zero-order valence-electron chi connectivity index (χ0n) is 12.1. The van der Waals surface area contributed by atoms with Crippen molar-refractivity contribution in [3.05, 3.63) is 29.8 Å². The number of hydrogen-bond donors (Lipinski definition) is 0. The summed E-state index contributed by atoms with van der Waals surface area (Å²) in [5.41, 5.74) is 0.858. The fourth-order valence-corrected chi connectivity index (χ4v) is 4.42. The van der Waals surface area contributed by atoms with Crippen molar-refractivity contribution in [3.8, 4) is 5.75 Å². The Labute approximate surface area is 128 Å². The van der Waals surface area contributed by atoms with E-state index in [1.165, 1.54) is 9.80 Å². The summed E-state index contributed by atoms with van der Waals surface area (Å²) in [7, 11) is -1.79. The maximum Gasteiger partial charge on any atom is 0.247 e. The van der Waals surface area contributed by atoms with Gasteiger partial charge in [0.15, 0.2) is 9.84 Å². The first kappa shape index (κ1) is 14.8. The summed E-state index contributed by atoms with van der Waals surface area (Å²) in [6.07, 6.45) is 0. The number of rotatable bonds is 3. The minimum absolute atomic E-state index is 0.0864. The molecule has 118 valence electrons. The van der Waals surface area contributed by atoms with Gasteiger partial charge in [0.2, 0.25) is 11.8 Å². The molecule has 0 N–H and O–H groups in total. The highest BCUT2D eigenvalue weighted by Gasteiger charge is 2.47. The van der Waals surface area contributed by atoms with Gasteiger partial charge in [-0.15, -0.1) is 0 Å². The molecule has 2 aliphatic rings. The van der Waals surface area contributed by atoms with Gasteiger partial charge in [-0.3, -0.25) is 9.59 Å². The summed E-state index contributed by atoms with van der Waals surface area (Å²) in [6.45, 7) is 0.190. The minimum atomic E-state index is -3.36. The predicted molar refractivity (Wildman–Crippen MR) is 77.7 cm³/mol. The largest absolute Gasteiger partial charge is 0.497 e. The van der Waals surface area contributed by atoms with Crippen LogP contribution in [0.3, 0.4) is 0 Å². The lowest BCUT2D eigenvalue weighted by Crippen LogP contribution is -2.57. The Morgan fingerprint density at radius 3 is 2.55 bits per heavy atom. The average molecular weight is 324 g/mol. The van der Waals surface area contributed by atoms with E-state index < -0.39 is 15.9 Å². The SMILES string of the molecule is COc1ccc(CN2CC(=O)N3CS(=O)(=O)CC3C2=O)cc1. The number of nitrogens with zero attached hydrogens (tertiary/aromatic N) is 2. The van der Waals surface area contributed by atoms with Gasteiger partial charge in [-0.1, -0.05) is 12.1 Å². The van der Waals surface area contributed by atoms with Gasteiger partial charge in [-0.2, -0.15) is 0 Å². The highest BCUT2D eigenvalue weighted by atomic mass is 32.2. The smallest absolute Gasteiger partial charge is 0.247 e. The molecule has 1 atom stereocenters. The van der Waals surface area contributed by atoms with Crippen molar-refractivity contribution < 1.29 is 22.7 Å². The van der Waals surface area contributed by atoms with Gasteiger partial charge in [0.25, 0.3) is 0 Å². The van der Waals surface area contributed by atoms with Crippen LogP contribution in [0, 0.1) is 0 Å². The highest BCUT2D eigenvalue weighted by molar-refractivity contribution is 7.91. The number of hydrogen-bond acceptors (Lipinski definition) is 5. The van der Waals surface area contributed by atoms with E-state index in [-0.39, 0.29) is 36.5 Å². The third-order valence-corrected chi connectivity index (χ3v) is 5.39. The molecular weight excluding hydrogens is 308 g/mol. The number of carbonyl (C=O) groups excluding carboxylic acids is 2. The fraction of sp³-hybridized carbons (Fsp3) is 0.429. The molecule has 2 saturated heterocycles. The molecule has 2 amide bonds. The number of methoxy groups -OCH3 is 1. The summed E-state index contributed by atoms with van der Waals surface area (Å²) in [6, 6.07) is 6.31. The van der Waals surface area contributed by atoms with Crippen molar-refractivity contribution >= 4 is 21.7 Å². The van der Waals surface area contributed by atoms with Crippen molar-refractivity contribution in [1.82, 2.24) is 9.80 Å². The van der Waals surface area contributed by atoms with E-state index in [2.05, 4.69) is 0 Å². The zero-order chi connectivity index (χ0) is 15.9. The molecule has 1 aromatic carbocycles. The summed E-state index contributed by atoms with van der Waals surface area (Å²) < 4.78 is 28.4. The van der Waals surface area contributed by atoms with Gasteiger partial charge in [0.05, 0.1) is 12.9 Å².